The van der Waals surface area contributed by atoms with Crippen molar-refractivity contribution in [3.63, 3.8) is 0 Å². The summed E-state index contributed by atoms with van der Waals surface area (Å²) in [5, 5.41) is 10.1. The van der Waals surface area contributed by atoms with E-state index in [9.17, 15) is 9.90 Å². The molecule has 0 saturated carbocycles. The molecular weight excluding hydrogens is 316 g/mol. The molecule has 0 spiro atoms. The molecule has 0 aliphatic rings. The lowest BCUT2D eigenvalue weighted by Gasteiger charge is -2.23. The lowest BCUT2D eigenvalue weighted by Crippen LogP contribution is -2.25. The molecule has 25 heavy (non-hydrogen) atoms. The fourth-order valence-electron chi connectivity index (χ4n) is 3.19. The Morgan fingerprint density at radius 2 is 1.76 bits per heavy atom. The van der Waals surface area contributed by atoms with Gasteiger partial charge >= 0.3 is 5.97 Å². The van der Waals surface area contributed by atoms with Gasteiger partial charge in [0.15, 0.2) is 0 Å². The topological polar surface area (TPSA) is 55.8 Å². The summed E-state index contributed by atoms with van der Waals surface area (Å²) in [5.74, 6) is 0.698. The molecule has 0 aliphatic carbocycles. The number of hydrogen-bond acceptors (Lipinski definition) is 4. The van der Waals surface area contributed by atoms with Crippen molar-refractivity contribution in [3.05, 3.63) is 35.9 Å². The molecular formula is C21H34O4. The van der Waals surface area contributed by atoms with Crippen LogP contribution < -0.4 is 0 Å². The summed E-state index contributed by atoms with van der Waals surface area (Å²) in [7, 11) is 0. The molecule has 1 aromatic carbocycles. The Kier molecular flexibility index (Phi) is 10.4. The van der Waals surface area contributed by atoms with Crippen LogP contribution in [0.3, 0.4) is 0 Å². The van der Waals surface area contributed by atoms with Gasteiger partial charge in [-0.3, -0.25) is 4.79 Å². The van der Waals surface area contributed by atoms with Crippen molar-refractivity contribution in [2.75, 3.05) is 13.2 Å². The largest absolute Gasteiger partial charge is 0.466 e. The highest BCUT2D eigenvalue weighted by Gasteiger charge is 2.21. The van der Waals surface area contributed by atoms with Crippen LogP contribution in [0.4, 0.5) is 0 Å². The molecule has 0 unspecified atom stereocenters. The second-order valence-electron chi connectivity index (χ2n) is 7.24. The van der Waals surface area contributed by atoms with E-state index in [-0.39, 0.29) is 18.3 Å². The zero-order valence-corrected chi connectivity index (χ0v) is 16.1. The van der Waals surface area contributed by atoms with Gasteiger partial charge in [0.1, 0.15) is 0 Å². The van der Waals surface area contributed by atoms with E-state index in [1.807, 2.05) is 25.1 Å². The normalized spacial score (nSPS) is 16.0. The lowest BCUT2D eigenvalue weighted by molar-refractivity contribution is -0.146. The molecule has 4 heteroatoms. The van der Waals surface area contributed by atoms with Crippen LogP contribution in [0.2, 0.25) is 0 Å². The van der Waals surface area contributed by atoms with Crippen molar-refractivity contribution >= 4 is 5.97 Å². The smallest absolute Gasteiger partial charge is 0.308 e. The summed E-state index contributed by atoms with van der Waals surface area (Å²) in [4.78, 5) is 11.5. The SMILES string of the molecule is CCOC(=O)C[C@H](O)[C@H](C)C[C@H](C)C[C@H](C)COCc1ccccc1. The number of aliphatic hydroxyl groups excluding tert-OH is 1. The zero-order valence-electron chi connectivity index (χ0n) is 16.1. The highest BCUT2D eigenvalue weighted by molar-refractivity contribution is 5.69. The number of carbonyl (C=O) groups is 1. The highest BCUT2D eigenvalue weighted by atomic mass is 16.5. The van der Waals surface area contributed by atoms with Crippen molar-refractivity contribution in [2.45, 2.75) is 59.7 Å². The molecule has 0 bridgehead atoms. The van der Waals surface area contributed by atoms with Crippen LogP contribution in [0, 0.1) is 17.8 Å². The minimum absolute atomic E-state index is 0.0804. The van der Waals surface area contributed by atoms with Crippen molar-refractivity contribution < 1.29 is 19.4 Å². The molecule has 0 saturated heterocycles. The van der Waals surface area contributed by atoms with Gasteiger partial charge in [-0.15, -0.1) is 0 Å². The van der Waals surface area contributed by atoms with Gasteiger partial charge in [0, 0.05) is 6.61 Å². The maximum Gasteiger partial charge on any atom is 0.308 e. The van der Waals surface area contributed by atoms with Crippen molar-refractivity contribution in [1.29, 1.82) is 0 Å². The molecule has 0 aromatic heterocycles. The fourth-order valence-corrected chi connectivity index (χ4v) is 3.19. The minimum atomic E-state index is -0.633. The predicted molar refractivity (Wildman–Crippen MR) is 100 cm³/mol. The van der Waals surface area contributed by atoms with Gasteiger partial charge in [-0.2, -0.15) is 0 Å². The van der Waals surface area contributed by atoms with Gasteiger partial charge in [0.2, 0.25) is 0 Å². The third-order valence-corrected chi connectivity index (χ3v) is 4.43. The summed E-state index contributed by atoms with van der Waals surface area (Å²) in [6.45, 7) is 9.90. The summed E-state index contributed by atoms with van der Waals surface area (Å²) in [6, 6.07) is 10.2. The fraction of sp³-hybridized carbons (Fsp3) is 0.667. The second kappa shape index (κ2) is 12.0. The molecule has 1 N–H and O–H groups in total. The molecule has 1 aromatic rings. The number of carbonyl (C=O) groups excluding carboxylic acids is 1. The number of rotatable bonds is 12. The van der Waals surface area contributed by atoms with E-state index in [2.05, 4.69) is 26.0 Å². The third-order valence-electron chi connectivity index (χ3n) is 4.43. The van der Waals surface area contributed by atoms with E-state index in [0.717, 1.165) is 19.4 Å². The third kappa shape index (κ3) is 9.61. The Morgan fingerprint density at radius 1 is 1.08 bits per heavy atom. The van der Waals surface area contributed by atoms with E-state index >= 15 is 0 Å². The number of hydrogen-bond donors (Lipinski definition) is 1. The highest BCUT2D eigenvalue weighted by Crippen LogP contribution is 2.23. The Labute approximate surface area is 152 Å². The van der Waals surface area contributed by atoms with E-state index in [4.69, 9.17) is 9.47 Å². The first-order valence-corrected chi connectivity index (χ1v) is 9.37. The van der Waals surface area contributed by atoms with Gasteiger partial charge < -0.3 is 14.6 Å². The minimum Gasteiger partial charge on any atom is -0.466 e. The number of esters is 1. The molecule has 4 nitrogen and oxygen atoms in total. The monoisotopic (exact) mass is 350 g/mol. The summed E-state index contributed by atoms with van der Waals surface area (Å²) in [5.41, 5.74) is 1.19. The van der Waals surface area contributed by atoms with Crippen LogP contribution in [0.1, 0.15) is 52.5 Å². The maximum absolute atomic E-state index is 11.5. The van der Waals surface area contributed by atoms with Gasteiger partial charge in [0.05, 0.1) is 25.7 Å². The number of aliphatic hydroxyl groups is 1. The van der Waals surface area contributed by atoms with Crippen molar-refractivity contribution in [3.8, 4) is 0 Å². The zero-order chi connectivity index (χ0) is 18.7. The lowest BCUT2D eigenvalue weighted by atomic mass is 9.86. The molecule has 0 aliphatic heterocycles. The van der Waals surface area contributed by atoms with E-state index in [1.165, 1.54) is 5.56 Å². The molecule has 142 valence electrons. The predicted octanol–water partition coefficient (Wildman–Crippen LogP) is 4.21. The van der Waals surface area contributed by atoms with E-state index in [0.29, 0.717) is 25.0 Å². The number of benzene rings is 1. The first-order valence-electron chi connectivity index (χ1n) is 9.37. The quantitative estimate of drug-likeness (QED) is 0.574. The Morgan fingerprint density at radius 3 is 2.40 bits per heavy atom. The van der Waals surface area contributed by atoms with Gasteiger partial charge in [-0.05, 0) is 43.1 Å². The molecule has 0 radical (unpaired) electrons. The average molecular weight is 350 g/mol. The average Bonchev–Trinajstić information content (AvgIpc) is 2.55. The first-order chi connectivity index (χ1) is 11.9. The van der Waals surface area contributed by atoms with Crippen LogP contribution in [-0.2, 0) is 20.9 Å². The van der Waals surface area contributed by atoms with Gasteiger partial charge in [-0.1, -0.05) is 51.1 Å². The molecule has 0 heterocycles. The van der Waals surface area contributed by atoms with Crippen LogP contribution >= 0.6 is 0 Å². The summed E-state index contributed by atoms with van der Waals surface area (Å²) < 4.78 is 10.7. The van der Waals surface area contributed by atoms with Crippen LogP contribution in [0.15, 0.2) is 30.3 Å². The van der Waals surface area contributed by atoms with Crippen LogP contribution in [0.5, 0.6) is 0 Å². The molecule has 0 amide bonds. The van der Waals surface area contributed by atoms with E-state index < -0.39 is 6.10 Å². The standard InChI is InChI=1S/C21H34O4/c1-5-25-21(23)13-20(22)18(4)12-16(2)11-17(3)14-24-15-19-9-7-6-8-10-19/h6-10,16-18,20,22H,5,11-15H2,1-4H3/t16-,17+,18-,20+/m1/s1. The van der Waals surface area contributed by atoms with Crippen LogP contribution in [-0.4, -0.2) is 30.4 Å². The Bertz CT molecular complexity index is 474. The first kappa shape index (κ1) is 21.7. The van der Waals surface area contributed by atoms with Crippen molar-refractivity contribution in [2.24, 2.45) is 17.8 Å². The Balaban J connectivity index is 2.23. The second-order valence-corrected chi connectivity index (χ2v) is 7.24. The summed E-state index contributed by atoms with van der Waals surface area (Å²) in [6.07, 6.45) is 1.39. The van der Waals surface area contributed by atoms with Crippen molar-refractivity contribution in [1.82, 2.24) is 0 Å². The van der Waals surface area contributed by atoms with Gasteiger partial charge in [-0.25, -0.2) is 0 Å². The van der Waals surface area contributed by atoms with Gasteiger partial charge in [0.25, 0.3) is 0 Å². The summed E-state index contributed by atoms with van der Waals surface area (Å²) >= 11 is 0. The molecule has 4 atom stereocenters. The van der Waals surface area contributed by atoms with Crippen LogP contribution in [0.25, 0.3) is 0 Å². The molecule has 1 rings (SSSR count). The maximum atomic E-state index is 11.5. The molecule has 0 fully saturated rings. The van der Waals surface area contributed by atoms with E-state index in [1.54, 1.807) is 6.92 Å². The Hall–Kier alpha value is -1.39. The number of ether oxygens (including phenoxy) is 2.